The molecule has 5 aliphatic rings. The number of alkyl halides is 6. The fraction of sp³-hybridized carbons (Fsp3) is 0.312. The molecule has 20 rings (SSSR count). The Morgan fingerprint density at radius 3 is 0.862 bits per heavy atom. The molecule has 5 saturated heterocycles. The Hall–Kier alpha value is -12.2. The minimum atomic E-state index is -4.53. The molecule has 0 amide bonds. The van der Waals surface area contributed by atoms with E-state index >= 15 is 0 Å². The predicted molar refractivity (Wildman–Crippen MR) is 555 cm³/mol. The number of hydrogen-bond acceptors (Lipinski definition) is 30. The van der Waals surface area contributed by atoms with Gasteiger partial charge in [-0.25, -0.2) is 70.8 Å². The van der Waals surface area contributed by atoms with Gasteiger partial charge in [0.2, 0.25) is 29.7 Å². The maximum atomic E-state index is 13.1. The Balaban J connectivity index is 0.000000130. The van der Waals surface area contributed by atoms with Crippen LogP contribution in [0.15, 0.2) is 234 Å². The van der Waals surface area contributed by atoms with E-state index in [0.717, 1.165) is 120 Å². The predicted octanol–water partition coefficient (Wildman–Crippen LogP) is 15.9. The minimum Gasteiger partial charge on any atom is -0.368 e. The van der Waals surface area contributed by atoms with Crippen molar-refractivity contribution in [2.75, 3.05) is 180 Å². The van der Waals surface area contributed by atoms with Gasteiger partial charge in [0, 0.05) is 205 Å². The maximum Gasteiger partial charge on any atom is 0.433 e. The van der Waals surface area contributed by atoms with Gasteiger partial charge in [0.15, 0.2) is 0 Å². The Labute approximate surface area is 878 Å². The third kappa shape index (κ3) is 28.0. The van der Waals surface area contributed by atoms with E-state index in [1.807, 2.05) is 48.9 Å². The second-order valence-electron chi connectivity index (χ2n) is 33.3. The van der Waals surface area contributed by atoms with Gasteiger partial charge in [0.05, 0.1) is 46.0 Å². The lowest BCUT2D eigenvalue weighted by molar-refractivity contribution is -0.143. The first-order valence-corrected chi connectivity index (χ1v) is 52.1. The van der Waals surface area contributed by atoms with E-state index in [1.54, 1.807) is 114 Å². The van der Waals surface area contributed by atoms with Crippen molar-refractivity contribution >= 4 is 183 Å². The molecular formula is C93H87Br5F11N27O5S4. The van der Waals surface area contributed by atoms with Crippen LogP contribution in [0.2, 0.25) is 0 Å². The van der Waals surface area contributed by atoms with E-state index < -0.39 is 34.3 Å². The van der Waals surface area contributed by atoms with Crippen LogP contribution in [0.3, 0.4) is 0 Å². The Morgan fingerprint density at radius 2 is 0.614 bits per heavy atom. The first-order valence-electron chi connectivity index (χ1n) is 44.8. The molecule has 0 atom stereocenters. The molecule has 10 aromatic heterocycles. The summed E-state index contributed by atoms with van der Waals surface area (Å²) in [5.41, 5.74) is 3.03. The second kappa shape index (κ2) is 47.5. The molecule has 0 saturated carbocycles. The zero-order valence-electron chi connectivity index (χ0n) is 76.9. The van der Waals surface area contributed by atoms with Gasteiger partial charge >= 0.3 is 40.8 Å². The molecule has 5 aromatic carbocycles. The van der Waals surface area contributed by atoms with Gasteiger partial charge in [-0.2, -0.15) is 56.4 Å². The van der Waals surface area contributed by atoms with Gasteiger partial charge in [0.25, 0.3) is 0 Å². The molecule has 32 nitrogen and oxygen atoms in total. The van der Waals surface area contributed by atoms with E-state index in [-0.39, 0.29) is 81.3 Å². The molecule has 0 N–H and O–H groups in total. The van der Waals surface area contributed by atoms with Crippen LogP contribution in [0.1, 0.15) is 41.3 Å². The molecule has 52 heteroatoms. The quantitative estimate of drug-likeness (QED) is 0.0640. The largest absolute Gasteiger partial charge is 0.433 e. The van der Waals surface area contributed by atoms with Crippen molar-refractivity contribution in [3.63, 3.8) is 0 Å². The molecule has 0 spiro atoms. The van der Waals surface area contributed by atoms with Crippen LogP contribution in [0.4, 0.5) is 106 Å². The van der Waals surface area contributed by atoms with Crippen molar-refractivity contribution in [1.82, 2.24) is 82.5 Å². The van der Waals surface area contributed by atoms with E-state index in [1.165, 1.54) is 105 Å². The van der Waals surface area contributed by atoms with Crippen LogP contribution in [-0.2, 0) is 52.1 Å². The van der Waals surface area contributed by atoms with E-state index in [0.29, 0.717) is 145 Å². The molecule has 15 aromatic rings. The summed E-state index contributed by atoms with van der Waals surface area (Å²) in [6.07, 6.45) is -1.73. The molecular weight excluding hydrogens is 2310 g/mol. The van der Waals surface area contributed by atoms with Crippen LogP contribution in [0.5, 0.6) is 0 Å². The number of piperazine rings is 5. The second-order valence-corrected chi connectivity index (χ2v) is 43.1. The highest BCUT2D eigenvalue weighted by atomic mass is 79.9. The first-order chi connectivity index (χ1) is 69.5. The third-order valence-electron chi connectivity index (χ3n) is 23.6. The topological polar surface area (TPSA) is 289 Å². The number of halogens is 16. The van der Waals surface area contributed by atoms with Crippen LogP contribution in [-0.4, -0.2) is 213 Å². The molecule has 15 heterocycles. The lowest BCUT2D eigenvalue weighted by atomic mass is 10.2. The summed E-state index contributed by atoms with van der Waals surface area (Å²) >= 11 is 22.1. The van der Waals surface area contributed by atoms with Gasteiger partial charge in [-0.3, -0.25) is 27.5 Å². The fourth-order valence-corrected chi connectivity index (χ4v) is 23.6. The third-order valence-corrected chi connectivity index (χ3v) is 32.1. The number of thiophene rings is 4. The zero-order valence-corrected chi connectivity index (χ0v) is 88.1. The number of anilines is 10. The highest BCUT2D eigenvalue weighted by Crippen LogP contribution is 2.42. The standard InChI is InChI=1S/C19H16BrF4N5OS.C19H19BrFN5OS.C19H19F4N7O.C18H16Br2FN5OS.C18H17BrFN5OS/c20-15-9-14(31-16(15)19(22,23)24)10-29-11-25-17(26-18(29)30)28-7-5-27(6-8-28)13-3-1-12(21)2-4-13;1-13-10-16(28-17(13)20)11-26-12-22-18(23-19(26)27)25-8-6-24(7-9-25)15-4-2-14(21)3-5-15;1-27-16(19(21,22)23)10-14(26-27)11-30-12-24-17(25-18(30)31)29-8-6-28(7-9-29)15-4-2-13(20)3-5-15;19-14-9-16(20)28-15(14)10-26-11-22-17(23-18(26)27)25-7-5-24(6-8-25)13-3-1-12(21)2-4-13;19-13-9-16(27-11-13)10-25-12-21-17(22-18(25)26)24-7-5-23(6-8-24)15-3-1-14(20)2-4-15/h1-4,9,11H,5-8,10H2;2-5,10,12H,6-9,11H2,1H3;2-5,10,12H,6-9,11H2,1H3;1-4,9,11H,5-8,10H2;1-4,9,11-12H,5-8,10H2. The monoisotopic (exact) mass is 2390 g/mol. The lowest BCUT2D eigenvalue weighted by Crippen LogP contribution is -2.47. The highest BCUT2D eigenvalue weighted by Gasteiger charge is 2.37. The summed E-state index contributed by atoms with van der Waals surface area (Å²) in [6.45, 7) is 16.9. The molecule has 760 valence electrons. The Morgan fingerprint density at radius 1 is 0.324 bits per heavy atom. The summed E-state index contributed by atoms with van der Waals surface area (Å²) in [6, 6.07) is 40.3. The fourth-order valence-electron chi connectivity index (χ4n) is 16.0. The lowest BCUT2D eigenvalue weighted by Gasteiger charge is -2.36. The molecule has 5 fully saturated rings. The number of aromatic nitrogens is 17. The van der Waals surface area contributed by atoms with Gasteiger partial charge in [-0.1, -0.05) is 0 Å². The zero-order chi connectivity index (χ0) is 102. The summed E-state index contributed by atoms with van der Waals surface area (Å²) in [7, 11) is 1.19. The molecule has 145 heavy (non-hydrogen) atoms. The number of hydrogen-bond donors (Lipinski definition) is 0. The van der Waals surface area contributed by atoms with E-state index in [9.17, 15) is 72.3 Å². The van der Waals surface area contributed by atoms with Crippen LogP contribution >= 0.6 is 125 Å². The van der Waals surface area contributed by atoms with E-state index in [2.05, 4.69) is 165 Å². The number of aryl methyl sites for hydroxylation is 2. The summed E-state index contributed by atoms with van der Waals surface area (Å²) in [4.78, 5) is 127. The number of rotatable bonds is 20. The van der Waals surface area contributed by atoms with Crippen molar-refractivity contribution in [3.8, 4) is 0 Å². The Bertz CT molecular complexity index is 7070. The summed E-state index contributed by atoms with van der Waals surface area (Å²) in [5, 5.41) is 5.79. The maximum absolute atomic E-state index is 13.1. The SMILES string of the molecule is Cc1cc(Cn2cnc(N3CCN(c4ccc(F)cc4)CC3)nc2=O)sc1Br.Cn1nc(Cn2cnc(N3CCN(c4ccc(F)cc4)CC3)nc2=O)cc1C(F)(F)F.O=c1nc(N2CCN(c3ccc(F)cc3)CC2)ncn1Cc1cc(Br)c(C(F)(F)F)s1.O=c1nc(N2CCN(c3ccc(F)cc3)CC2)ncn1Cc1cc(Br)cs1.O=c1nc(N2CCN(c3ccc(F)cc3)CC2)ncn1Cc1sc(Br)cc1Br. The molecule has 5 aliphatic heterocycles. The van der Waals surface area contributed by atoms with E-state index in [4.69, 9.17) is 0 Å². The van der Waals surface area contributed by atoms with Gasteiger partial charge in [-0.15, -0.1) is 45.3 Å². The normalized spacial score (nSPS) is 14.7. The molecule has 0 radical (unpaired) electrons. The number of benzene rings is 5. The average molecular weight is 2400 g/mol. The Kier molecular flexibility index (Phi) is 34.6. The summed E-state index contributed by atoms with van der Waals surface area (Å²) < 4.78 is 155. The van der Waals surface area contributed by atoms with Crippen molar-refractivity contribution in [2.24, 2.45) is 7.05 Å². The average Bonchev–Trinajstić information content (AvgIpc) is 1.68. The number of nitrogens with zero attached hydrogens (tertiary/aromatic N) is 27. The van der Waals surface area contributed by atoms with Crippen molar-refractivity contribution in [3.05, 3.63) is 333 Å². The highest BCUT2D eigenvalue weighted by molar-refractivity contribution is 9.12. The van der Waals surface area contributed by atoms with Gasteiger partial charge in [0.1, 0.15) is 71.3 Å². The molecule has 0 unspecified atom stereocenters. The smallest absolute Gasteiger partial charge is 0.368 e. The van der Waals surface area contributed by atoms with Crippen molar-refractivity contribution in [2.45, 2.75) is 52.0 Å². The minimum absolute atomic E-state index is 0.0448. The van der Waals surface area contributed by atoms with Crippen LogP contribution in [0.25, 0.3) is 0 Å². The van der Waals surface area contributed by atoms with Gasteiger partial charge in [-0.05, 0) is 244 Å². The van der Waals surface area contributed by atoms with Crippen LogP contribution < -0.4 is 77.4 Å². The molecule has 0 bridgehead atoms. The molecule has 0 aliphatic carbocycles. The van der Waals surface area contributed by atoms with Crippen LogP contribution in [0, 0.1) is 36.0 Å². The summed E-state index contributed by atoms with van der Waals surface area (Å²) in [5.74, 6) is 0.622. The van der Waals surface area contributed by atoms with Crippen molar-refractivity contribution in [1.29, 1.82) is 0 Å². The van der Waals surface area contributed by atoms with Crippen molar-refractivity contribution < 1.29 is 48.3 Å². The first kappa shape index (κ1) is 106. The van der Waals surface area contributed by atoms with Gasteiger partial charge < -0.3 is 49.0 Å².